The van der Waals surface area contributed by atoms with Crippen LogP contribution in [0.1, 0.15) is 36.8 Å². The molecule has 0 aliphatic rings. The Hall–Kier alpha value is -1.45. The third-order valence-corrected chi connectivity index (χ3v) is 2.97. The van der Waals surface area contributed by atoms with Crippen molar-refractivity contribution in [3.8, 4) is 11.3 Å². The van der Waals surface area contributed by atoms with E-state index in [1.807, 2.05) is 13.0 Å². The number of aryl methyl sites for hydroxylation is 1. The van der Waals surface area contributed by atoms with E-state index in [1.165, 1.54) is 5.56 Å². The zero-order valence-electron chi connectivity index (χ0n) is 11.6. The van der Waals surface area contributed by atoms with Crippen molar-refractivity contribution < 1.29 is 0 Å². The number of nitrogens with two attached hydrogens (primary N) is 1. The fourth-order valence-corrected chi connectivity index (χ4v) is 1.92. The van der Waals surface area contributed by atoms with Crippen molar-refractivity contribution in [2.45, 2.75) is 33.2 Å². The summed E-state index contributed by atoms with van der Waals surface area (Å²) in [5.74, 6) is 1.31. The summed E-state index contributed by atoms with van der Waals surface area (Å²) in [4.78, 5) is 8.75. The summed E-state index contributed by atoms with van der Waals surface area (Å²) in [6.45, 7) is 6.72. The third-order valence-electron chi connectivity index (χ3n) is 2.97. The Balaban J connectivity index is 0.00000180. The number of halogens is 1. The molecule has 102 valence electrons. The van der Waals surface area contributed by atoms with Crippen LogP contribution < -0.4 is 5.73 Å². The van der Waals surface area contributed by atoms with Crippen LogP contribution in [-0.2, 0) is 6.54 Å². The molecule has 3 nitrogen and oxygen atoms in total. The minimum Gasteiger partial charge on any atom is -0.325 e. The van der Waals surface area contributed by atoms with E-state index in [2.05, 4.69) is 48.1 Å². The molecule has 0 saturated carbocycles. The monoisotopic (exact) mass is 277 g/mol. The zero-order valence-corrected chi connectivity index (χ0v) is 12.4. The minimum atomic E-state index is 0. The SMILES string of the molecule is Cc1nc(CN)cc(-c2ccc(C(C)C)cc2)n1.Cl. The third kappa shape index (κ3) is 3.75. The molecule has 0 saturated heterocycles. The average Bonchev–Trinajstić information content (AvgIpc) is 2.38. The molecular formula is C15H20ClN3. The largest absolute Gasteiger partial charge is 0.325 e. The number of benzene rings is 1. The lowest BCUT2D eigenvalue weighted by atomic mass is 10.0. The Morgan fingerprint density at radius 2 is 1.74 bits per heavy atom. The molecule has 0 unspecified atom stereocenters. The van der Waals surface area contributed by atoms with Crippen LogP contribution in [0.2, 0.25) is 0 Å². The van der Waals surface area contributed by atoms with Gasteiger partial charge in [-0.1, -0.05) is 38.1 Å². The second-order valence-electron chi connectivity index (χ2n) is 4.77. The summed E-state index contributed by atoms with van der Waals surface area (Å²) >= 11 is 0. The van der Waals surface area contributed by atoms with Gasteiger partial charge in [0.2, 0.25) is 0 Å². The Morgan fingerprint density at radius 1 is 1.11 bits per heavy atom. The highest BCUT2D eigenvalue weighted by molar-refractivity contribution is 5.85. The Bertz CT molecular complexity index is 536. The van der Waals surface area contributed by atoms with Gasteiger partial charge in [-0.15, -0.1) is 12.4 Å². The van der Waals surface area contributed by atoms with Gasteiger partial charge in [0.25, 0.3) is 0 Å². The van der Waals surface area contributed by atoms with Crippen molar-refractivity contribution in [2.75, 3.05) is 0 Å². The molecule has 0 fully saturated rings. The molecule has 0 aliphatic heterocycles. The van der Waals surface area contributed by atoms with Crippen molar-refractivity contribution in [3.05, 3.63) is 47.4 Å². The van der Waals surface area contributed by atoms with Gasteiger partial charge in [-0.3, -0.25) is 0 Å². The molecule has 0 radical (unpaired) electrons. The first-order chi connectivity index (χ1) is 8.60. The lowest BCUT2D eigenvalue weighted by Gasteiger charge is -2.08. The van der Waals surface area contributed by atoms with Crippen LogP contribution in [0.4, 0.5) is 0 Å². The molecule has 1 aromatic carbocycles. The van der Waals surface area contributed by atoms with E-state index < -0.39 is 0 Å². The molecule has 0 aliphatic carbocycles. The normalized spacial score (nSPS) is 10.4. The quantitative estimate of drug-likeness (QED) is 0.935. The van der Waals surface area contributed by atoms with Crippen molar-refractivity contribution in [3.63, 3.8) is 0 Å². The van der Waals surface area contributed by atoms with E-state index in [0.717, 1.165) is 22.8 Å². The summed E-state index contributed by atoms with van der Waals surface area (Å²) in [6, 6.07) is 10.5. The maximum absolute atomic E-state index is 5.64. The van der Waals surface area contributed by atoms with Crippen LogP contribution in [0.15, 0.2) is 30.3 Å². The fraction of sp³-hybridized carbons (Fsp3) is 0.333. The highest BCUT2D eigenvalue weighted by Gasteiger charge is 2.05. The molecule has 2 aromatic rings. The molecule has 0 amide bonds. The van der Waals surface area contributed by atoms with Gasteiger partial charge in [0, 0.05) is 12.1 Å². The van der Waals surface area contributed by atoms with Gasteiger partial charge in [-0.25, -0.2) is 9.97 Å². The first-order valence-electron chi connectivity index (χ1n) is 6.25. The predicted octanol–water partition coefficient (Wildman–Crippen LogP) is 3.46. The smallest absolute Gasteiger partial charge is 0.126 e. The molecule has 1 aromatic heterocycles. The predicted molar refractivity (Wildman–Crippen MR) is 81.4 cm³/mol. The van der Waals surface area contributed by atoms with Gasteiger partial charge in [-0.05, 0) is 24.5 Å². The molecule has 1 heterocycles. The Labute approximate surface area is 120 Å². The average molecular weight is 278 g/mol. The first-order valence-corrected chi connectivity index (χ1v) is 6.25. The van der Waals surface area contributed by atoms with Gasteiger partial charge in [0.15, 0.2) is 0 Å². The molecule has 0 spiro atoms. The van der Waals surface area contributed by atoms with Crippen molar-refractivity contribution in [1.29, 1.82) is 0 Å². The summed E-state index contributed by atoms with van der Waals surface area (Å²) in [6.07, 6.45) is 0. The molecule has 2 rings (SSSR count). The van der Waals surface area contributed by atoms with E-state index in [-0.39, 0.29) is 12.4 Å². The highest BCUT2D eigenvalue weighted by atomic mass is 35.5. The number of aromatic nitrogens is 2. The number of rotatable bonds is 3. The second-order valence-corrected chi connectivity index (χ2v) is 4.77. The molecule has 0 bridgehead atoms. The molecule has 19 heavy (non-hydrogen) atoms. The Morgan fingerprint density at radius 3 is 2.26 bits per heavy atom. The van der Waals surface area contributed by atoms with Crippen molar-refractivity contribution >= 4 is 12.4 Å². The van der Waals surface area contributed by atoms with Crippen LogP contribution in [0.5, 0.6) is 0 Å². The Kier molecular flexibility index (Phi) is 5.45. The maximum atomic E-state index is 5.64. The minimum absolute atomic E-state index is 0. The second kappa shape index (κ2) is 6.64. The van der Waals surface area contributed by atoms with Crippen LogP contribution in [0, 0.1) is 6.92 Å². The zero-order chi connectivity index (χ0) is 13.1. The lowest BCUT2D eigenvalue weighted by molar-refractivity contribution is 0.866. The number of hydrogen-bond donors (Lipinski definition) is 1. The van der Waals surface area contributed by atoms with E-state index in [0.29, 0.717) is 12.5 Å². The van der Waals surface area contributed by atoms with Gasteiger partial charge >= 0.3 is 0 Å². The standard InChI is InChI=1S/C15H19N3.ClH/c1-10(2)12-4-6-13(7-5-12)15-8-14(9-16)17-11(3)18-15;/h4-8,10H,9,16H2,1-3H3;1H. The number of hydrogen-bond acceptors (Lipinski definition) is 3. The summed E-state index contributed by atoms with van der Waals surface area (Å²) in [5.41, 5.74) is 9.91. The van der Waals surface area contributed by atoms with Crippen LogP contribution in [-0.4, -0.2) is 9.97 Å². The van der Waals surface area contributed by atoms with Gasteiger partial charge in [0.1, 0.15) is 5.82 Å². The molecule has 4 heteroatoms. The van der Waals surface area contributed by atoms with Gasteiger partial charge in [0.05, 0.1) is 11.4 Å². The van der Waals surface area contributed by atoms with Gasteiger partial charge in [-0.2, -0.15) is 0 Å². The highest BCUT2D eigenvalue weighted by Crippen LogP contribution is 2.21. The topological polar surface area (TPSA) is 51.8 Å². The lowest BCUT2D eigenvalue weighted by Crippen LogP contribution is -2.03. The van der Waals surface area contributed by atoms with Crippen molar-refractivity contribution in [1.82, 2.24) is 9.97 Å². The van der Waals surface area contributed by atoms with Crippen LogP contribution >= 0.6 is 12.4 Å². The van der Waals surface area contributed by atoms with E-state index >= 15 is 0 Å². The van der Waals surface area contributed by atoms with Crippen molar-refractivity contribution in [2.24, 2.45) is 5.73 Å². The number of nitrogens with zero attached hydrogens (tertiary/aromatic N) is 2. The summed E-state index contributed by atoms with van der Waals surface area (Å²) in [5, 5.41) is 0. The molecule has 0 atom stereocenters. The fourth-order valence-electron chi connectivity index (χ4n) is 1.92. The first kappa shape index (κ1) is 15.6. The van der Waals surface area contributed by atoms with E-state index in [1.54, 1.807) is 0 Å². The van der Waals surface area contributed by atoms with Crippen LogP contribution in [0.3, 0.4) is 0 Å². The maximum Gasteiger partial charge on any atom is 0.126 e. The summed E-state index contributed by atoms with van der Waals surface area (Å²) < 4.78 is 0. The molecule has 2 N–H and O–H groups in total. The summed E-state index contributed by atoms with van der Waals surface area (Å²) in [7, 11) is 0. The van der Waals surface area contributed by atoms with E-state index in [9.17, 15) is 0 Å². The molecular weight excluding hydrogens is 258 g/mol. The van der Waals surface area contributed by atoms with E-state index in [4.69, 9.17) is 5.73 Å². The van der Waals surface area contributed by atoms with Gasteiger partial charge < -0.3 is 5.73 Å². The van der Waals surface area contributed by atoms with Crippen LogP contribution in [0.25, 0.3) is 11.3 Å².